The number of nitrogens with zero attached hydrogens (tertiary/aromatic N) is 2. The highest BCUT2D eigenvalue weighted by molar-refractivity contribution is 8.15. The van der Waals surface area contributed by atoms with E-state index in [1.807, 2.05) is 18.2 Å². The minimum absolute atomic E-state index is 0.0183. The van der Waals surface area contributed by atoms with E-state index in [4.69, 9.17) is 4.74 Å². The van der Waals surface area contributed by atoms with Crippen molar-refractivity contribution >= 4 is 46.2 Å². The molecule has 248 valence electrons. The van der Waals surface area contributed by atoms with Gasteiger partial charge < -0.3 is 20.1 Å². The average molecular weight is 681 g/mol. The standard InChI is InChI=1S/C34H28F4N4O5S/c1-21(39-33(45)46-20-23-6-3-2-4-7-23)30(43)40-26-14-12-24(13-15-26)29-31(44)42(32(48-29)41-27-9-5-8-25(35)18-27)19-22-10-16-28(17-11-22)47-34(36,37)38/h2-18,21,29H,19-20H2,1H3,(H,39,45)(H,40,43)/t21-,29?/m0/s1. The van der Waals surface area contributed by atoms with Crippen LogP contribution in [0.5, 0.6) is 5.75 Å². The highest BCUT2D eigenvalue weighted by Crippen LogP contribution is 2.41. The largest absolute Gasteiger partial charge is 0.573 e. The lowest BCUT2D eigenvalue weighted by Gasteiger charge is -2.17. The quantitative estimate of drug-likeness (QED) is 0.168. The van der Waals surface area contributed by atoms with Crippen LogP contribution in [0.4, 0.5) is 33.7 Å². The highest BCUT2D eigenvalue weighted by Gasteiger charge is 2.39. The molecule has 0 saturated carbocycles. The molecule has 4 aromatic carbocycles. The molecule has 1 aliphatic rings. The summed E-state index contributed by atoms with van der Waals surface area (Å²) in [4.78, 5) is 44.4. The van der Waals surface area contributed by atoms with Gasteiger partial charge in [0.15, 0.2) is 5.17 Å². The number of ether oxygens (including phenoxy) is 2. The smallest absolute Gasteiger partial charge is 0.445 e. The van der Waals surface area contributed by atoms with Gasteiger partial charge >= 0.3 is 12.5 Å². The molecule has 0 radical (unpaired) electrons. The van der Waals surface area contributed by atoms with Crippen molar-refractivity contribution in [1.29, 1.82) is 0 Å². The van der Waals surface area contributed by atoms with E-state index in [9.17, 15) is 31.9 Å². The van der Waals surface area contributed by atoms with Crippen LogP contribution in [0.2, 0.25) is 0 Å². The van der Waals surface area contributed by atoms with Crippen molar-refractivity contribution in [1.82, 2.24) is 10.2 Å². The molecule has 4 aromatic rings. The Morgan fingerprint density at radius 1 is 0.938 bits per heavy atom. The van der Waals surface area contributed by atoms with Gasteiger partial charge in [-0.1, -0.05) is 72.4 Å². The molecule has 0 spiro atoms. The first-order chi connectivity index (χ1) is 22.9. The monoisotopic (exact) mass is 680 g/mol. The second kappa shape index (κ2) is 15.0. The van der Waals surface area contributed by atoms with Crippen LogP contribution >= 0.6 is 11.8 Å². The molecular formula is C34H28F4N4O5S. The molecule has 1 unspecified atom stereocenters. The van der Waals surface area contributed by atoms with E-state index < -0.39 is 41.2 Å². The summed E-state index contributed by atoms with van der Waals surface area (Å²) in [7, 11) is 0. The maximum atomic E-state index is 13.9. The van der Waals surface area contributed by atoms with E-state index in [0.717, 1.165) is 29.5 Å². The maximum absolute atomic E-state index is 13.9. The van der Waals surface area contributed by atoms with Crippen LogP contribution in [0.1, 0.15) is 28.9 Å². The fourth-order valence-corrected chi connectivity index (χ4v) is 5.70. The van der Waals surface area contributed by atoms with E-state index in [2.05, 4.69) is 20.4 Å². The molecule has 0 bridgehead atoms. The number of halogens is 4. The molecule has 1 heterocycles. The first kappa shape index (κ1) is 34.0. The van der Waals surface area contributed by atoms with E-state index in [-0.39, 0.29) is 29.9 Å². The molecule has 0 aromatic heterocycles. The topological polar surface area (TPSA) is 109 Å². The molecule has 14 heteroatoms. The second-order valence-electron chi connectivity index (χ2n) is 10.5. The van der Waals surface area contributed by atoms with E-state index in [0.29, 0.717) is 16.8 Å². The van der Waals surface area contributed by atoms with Crippen molar-refractivity contribution < 1.29 is 41.4 Å². The average Bonchev–Trinajstić information content (AvgIpc) is 3.35. The van der Waals surface area contributed by atoms with Crippen molar-refractivity contribution in [2.45, 2.75) is 37.7 Å². The maximum Gasteiger partial charge on any atom is 0.573 e. The predicted octanol–water partition coefficient (Wildman–Crippen LogP) is 7.48. The molecule has 9 nitrogen and oxygen atoms in total. The van der Waals surface area contributed by atoms with Crippen molar-refractivity contribution in [3.8, 4) is 5.75 Å². The van der Waals surface area contributed by atoms with Gasteiger partial charge in [0.1, 0.15) is 29.5 Å². The number of alkyl halides is 3. The summed E-state index contributed by atoms with van der Waals surface area (Å²) in [6.45, 7) is 1.54. The summed E-state index contributed by atoms with van der Waals surface area (Å²) >= 11 is 1.13. The Hall–Kier alpha value is -5.37. The lowest BCUT2D eigenvalue weighted by Crippen LogP contribution is -2.41. The zero-order valence-electron chi connectivity index (χ0n) is 25.2. The van der Waals surface area contributed by atoms with Crippen LogP contribution < -0.4 is 15.4 Å². The summed E-state index contributed by atoms with van der Waals surface area (Å²) in [6, 6.07) is 25.3. The van der Waals surface area contributed by atoms with Crippen LogP contribution in [-0.2, 0) is 27.5 Å². The third-order valence-corrected chi connectivity index (χ3v) is 8.13. The Balaban J connectivity index is 1.25. The number of nitrogens with one attached hydrogen (secondary N) is 2. The summed E-state index contributed by atoms with van der Waals surface area (Å²) < 4.78 is 60.8. The van der Waals surface area contributed by atoms with Crippen molar-refractivity contribution in [2.24, 2.45) is 4.99 Å². The molecule has 2 atom stereocenters. The van der Waals surface area contributed by atoms with Crippen LogP contribution in [0, 0.1) is 5.82 Å². The number of carbonyl (C=O) groups excluding carboxylic acids is 3. The van der Waals surface area contributed by atoms with Gasteiger partial charge in [-0.2, -0.15) is 0 Å². The molecule has 0 aliphatic carbocycles. The predicted molar refractivity (Wildman–Crippen MR) is 172 cm³/mol. The van der Waals surface area contributed by atoms with Gasteiger partial charge in [0.2, 0.25) is 11.8 Å². The van der Waals surface area contributed by atoms with E-state index >= 15 is 0 Å². The molecule has 1 fully saturated rings. The number of carbonyl (C=O) groups is 3. The Labute approximate surface area is 276 Å². The fourth-order valence-electron chi connectivity index (χ4n) is 4.53. The molecule has 3 amide bonds. The zero-order valence-corrected chi connectivity index (χ0v) is 26.1. The van der Waals surface area contributed by atoms with Crippen molar-refractivity contribution in [3.63, 3.8) is 0 Å². The number of rotatable bonds is 10. The zero-order chi connectivity index (χ0) is 34.3. The minimum Gasteiger partial charge on any atom is -0.445 e. The highest BCUT2D eigenvalue weighted by atomic mass is 32.2. The number of hydrogen-bond donors (Lipinski definition) is 2. The van der Waals surface area contributed by atoms with Crippen molar-refractivity contribution in [3.05, 3.63) is 126 Å². The Bertz CT molecular complexity index is 1790. The third-order valence-electron chi connectivity index (χ3n) is 6.90. The normalized spacial score (nSPS) is 16.0. The molecule has 1 aliphatic heterocycles. The molecule has 5 rings (SSSR count). The molecule has 48 heavy (non-hydrogen) atoms. The number of amidine groups is 1. The van der Waals surface area contributed by atoms with E-state index in [1.165, 1.54) is 42.2 Å². The van der Waals surface area contributed by atoms with Gasteiger partial charge in [0, 0.05) is 5.69 Å². The van der Waals surface area contributed by atoms with Gasteiger partial charge in [-0.25, -0.2) is 14.2 Å². The first-order valence-corrected chi connectivity index (χ1v) is 15.4. The number of aliphatic imine (C=N–C) groups is 1. The lowest BCUT2D eigenvalue weighted by molar-refractivity contribution is -0.274. The molecule has 1 saturated heterocycles. The van der Waals surface area contributed by atoms with Crippen LogP contribution in [0.15, 0.2) is 108 Å². The minimum atomic E-state index is -4.84. The number of alkyl carbamates (subject to hydrolysis) is 1. The summed E-state index contributed by atoms with van der Waals surface area (Å²) in [5.74, 6) is -1.76. The van der Waals surface area contributed by atoms with Crippen LogP contribution in [-0.4, -0.2) is 40.4 Å². The lowest BCUT2D eigenvalue weighted by atomic mass is 10.1. The number of amides is 3. The van der Waals surface area contributed by atoms with Gasteiger partial charge in [0.25, 0.3) is 0 Å². The molecule has 2 N–H and O–H groups in total. The summed E-state index contributed by atoms with van der Waals surface area (Å²) in [5, 5.41) is 4.69. The first-order valence-electron chi connectivity index (χ1n) is 14.5. The summed E-state index contributed by atoms with van der Waals surface area (Å²) in [5.41, 5.74) is 2.58. The SMILES string of the molecule is C[C@H](NC(=O)OCc1ccccc1)C(=O)Nc1ccc(C2SC(=Nc3cccc(F)c3)N(Cc3ccc(OC(F)(F)F)cc3)C2=O)cc1. The van der Waals surface area contributed by atoms with Crippen molar-refractivity contribution in [2.75, 3.05) is 5.32 Å². The third kappa shape index (κ3) is 9.35. The Kier molecular flexibility index (Phi) is 10.6. The van der Waals surface area contributed by atoms with Gasteiger partial charge in [0.05, 0.1) is 12.2 Å². The van der Waals surface area contributed by atoms with Gasteiger partial charge in [-0.3, -0.25) is 14.5 Å². The van der Waals surface area contributed by atoms with Gasteiger partial charge in [-0.05, 0) is 66.1 Å². The number of anilines is 1. The fraction of sp³-hybridized carbons (Fsp3) is 0.176. The van der Waals surface area contributed by atoms with Crippen LogP contribution in [0.25, 0.3) is 0 Å². The van der Waals surface area contributed by atoms with Gasteiger partial charge in [-0.15, -0.1) is 13.2 Å². The Morgan fingerprint density at radius 3 is 2.31 bits per heavy atom. The molecular weight excluding hydrogens is 652 g/mol. The summed E-state index contributed by atoms with van der Waals surface area (Å²) in [6.07, 6.45) is -5.59. The second-order valence-corrected chi connectivity index (χ2v) is 11.6. The Morgan fingerprint density at radius 2 is 1.65 bits per heavy atom. The number of benzene rings is 4. The van der Waals surface area contributed by atoms with E-state index in [1.54, 1.807) is 42.5 Å². The number of hydrogen-bond acceptors (Lipinski definition) is 7. The number of thioether (sulfide) groups is 1. The van der Waals surface area contributed by atoms with Crippen LogP contribution in [0.3, 0.4) is 0 Å².